The Bertz CT molecular complexity index is 241. The monoisotopic (exact) mass is 339 g/mol. The first-order valence-electron chi connectivity index (χ1n) is 11.3. The van der Waals surface area contributed by atoms with Gasteiger partial charge in [-0.15, -0.1) is 0 Å². The molecule has 0 aromatic rings. The van der Waals surface area contributed by atoms with Gasteiger partial charge in [-0.3, -0.25) is 0 Å². The van der Waals surface area contributed by atoms with Crippen molar-refractivity contribution in [3.05, 3.63) is 0 Å². The van der Waals surface area contributed by atoms with Crippen molar-refractivity contribution < 1.29 is 0 Å². The number of hydrogen-bond donors (Lipinski definition) is 1. The molecular formula is C23H49N. The van der Waals surface area contributed by atoms with E-state index in [9.17, 15) is 0 Å². The third-order valence-electron chi connectivity index (χ3n) is 5.60. The van der Waals surface area contributed by atoms with E-state index < -0.39 is 0 Å². The van der Waals surface area contributed by atoms with Crippen molar-refractivity contribution >= 4 is 0 Å². The molecule has 0 aliphatic carbocycles. The zero-order chi connectivity index (χ0) is 18.1. The molecule has 1 atom stereocenters. The van der Waals surface area contributed by atoms with Crippen LogP contribution in [-0.4, -0.2) is 5.54 Å². The lowest BCUT2D eigenvalue weighted by molar-refractivity contribution is 0.273. The van der Waals surface area contributed by atoms with E-state index in [1.54, 1.807) is 0 Å². The molecule has 146 valence electrons. The van der Waals surface area contributed by atoms with Gasteiger partial charge < -0.3 is 5.73 Å². The fourth-order valence-corrected chi connectivity index (χ4v) is 3.82. The largest absolute Gasteiger partial charge is 0.325 e. The zero-order valence-electron chi connectivity index (χ0n) is 17.7. The molecule has 0 saturated heterocycles. The first-order valence-corrected chi connectivity index (χ1v) is 11.3. The quantitative estimate of drug-likeness (QED) is 0.251. The Morgan fingerprint density at radius 1 is 0.542 bits per heavy atom. The predicted octanol–water partition coefficient (Wildman–Crippen LogP) is 8.01. The summed E-state index contributed by atoms with van der Waals surface area (Å²) in [7, 11) is 0. The minimum Gasteiger partial charge on any atom is -0.325 e. The molecular weight excluding hydrogens is 290 g/mol. The van der Waals surface area contributed by atoms with Crippen LogP contribution in [-0.2, 0) is 0 Å². The van der Waals surface area contributed by atoms with E-state index in [-0.39, 0.29) is 5.54 Å². The standard InChI is InChI=1S/C23H49N/c1-5-7-8-9-10-11-12-13-14-15-16-17-18-19-21-22(20-6-2)23(3,4)24/h22H,5-21,24H2,1-4H3. The molecule has 1 unspecified atom stereocenters. The van der Waals surface area contributed by atoms with E-state index in [0.717, 1.165) is 0 Å². The molecule has 0 rings (SSSR count). The Morgan fingerprint density at radius 3 is 1.25 bits per heavy atom. The second-order valence-corrected chi connectivity index (χ2v) is 8.69. The fourth-order valence-electron chi connectivity index (χ4n) is 3.82. The minimum atomic E-state index is 0.00650. The first kappa shape index (κ1) is 24.0. The normalized spacial score (nSPS) is 13.4. The van der Waals surface area contributed by atoms with Gasteiger partial charge in [-0.25, -0.2) is 0 Å². The first-order chi connectivity index (χ1) is 11.5. The molecule has 0 aromatic carbocycles. The fraction of sp³-hybridized carbons (Fsp3) is 1.00. The highest BCUT2D eigenvalue weighted by atomic mass is 14.7. The van der Waals surface area contributed by atoms with Crippen LogP contribution < -0.4 is 5.73 Å². The summed E-state index contributed by atoms with van der Waals surface area (Å²) in [6, 6.07) is 0. The summed E-state index contributed by atoms with van der Waals surface area (Å²) in [5.41, 5.74) is 6.33. The molecule has 0 amide bonds. The van der Waals surface area contributed by atoms with Crippen LogP contribution >= 0.6 is 0 Å². The summed E-state index contributed by atoms with van der Waals surface area (Å²) in [6.45, 7) is 8.99. The van der Waals surface area contributed by atoms with E-state index in [0.29, 0.717) is 5.92 Å². The van der Waals surface area contributed by atoms with E-state index in [1.165, 1.54) is 109 Å². The van der Waals surface area contributed by atoms with Gasteiger partial charge in [0.2, 0.25) is 0 Å². The number of unbranched alkanes of at least 4 members (excludes halogenated alkanes) is 13. The van der Waals surface area contributed by atoms with Crippen LogP contribution in [0.2, 0.25) is 0 Å². The summed E-state index contributed by atoms with van der Waals surface area (Å²) in [4.78, 5) is 0. The SMILES string of the molecule is CCCCCCCCCCCCCCCCC(CCC)C(C)(C)N. The molecule has 0 spiro atoms. The van der Waals surface area contributed by atoms with Gasteiger partial charge >= 0.3 is 0 Å². The molecule has 2 N–H and O–H groups in total. The Kier molecular flexibility index (Phi) is 16.4. The maximum atomic E-state index is 6.32. The molecule has 24 heavy (non-hydrogen) atoms. The van der Waals surface area contributed by atoms with Crippen LogP contribution in [0.1, 0.15) is 137 Å². The van der Waals surface area contributed by atoms with E-state index >= 15 is 0 Å². The van der Waals surface area contributed by atoms with Gasteiger partial charge in [-0.2, -0.15) is 0 Å². The average molecular weight is 340 g/mol. The van der Waals surface area contributed by atoms with E-state index in [2.05, 4.69) is 27.7 Å². The van der Waals surface area contributed by atoms with Crippen LogP contribution in [0, 0.1) is 5.92 Å². The molecule has 0 bridgehead atoms. The molecule has 1 heteroatoms. The lowest BCUT2D eigenvalue weighted by Crippen LogP contribution is -2.40. The molecule has 1 nitrogen and oxygen atoms in total. The Labute approximate surface area is 154 Å². The van der Waals surface area contributed by atoms with E-state index in [1.807, 2.05) is 0 Å². The van der Waals surface area contributed by atoms with Crippen molar-refractivity contribution in [1.82, 2.24) is 0 Å². The number of nitrogens with two attached hydrogens (primary N) is 1. The lowest BCUT2D eigenvalue weighted by atomic mass is 9.81. The molecule has 0 fully saturated rings. The van der Waals surface area contributed by atoms with Gasteiger partial charge in [-0.05, 0) is 32.6 Å². The minimum absolute atomic E-state index is 0.00650. The molecule has 0 aliphatic rings. The molecule has 0 heterocycles. The Hall–Kier alpha value is -0.0400. The third kappa shape index (κ3) is 15.5. The van der Waals surface area contributed by atoms with Crippen molar-refractivity contribution in [3.8, 4) is 0 Å². The van der Waals surface area contributed by atoms with Gasteiger partial charge in [0.05, 0.1) is 0 Å². The highest BCUT2D eigenvalue weighted by Gasteiger charge is 2.23. The maximum Gasteiger partial charge on any atom is 0.0125 e. The summed E-state index contributed by atoms with van der Waals surface area (Å²) < 4.78 is 0. The van der Waals surface area contributed by atoms with E-state index in [4.69, 9.17) is 5.73 Å². The van der Waals surface area contributed by atoms with Crippen LogP contribution in [0.5, 0.6) is 0 Å². The van der Waals surface area contributed by atoms with Crippen LogP contribution in [0.4, 0.5) is 0 Å². The van der Waals surface area contributed by atoms with Gasteiger partial charge in [0, 0.05) is 5.54 Å². The van der Waals surface area contributed by atoms with Crippen molar-refractivity contribution in [2.45, 2.75) is 142 Å². The van der Waals surface area contributed by atoms with Gasteiger partial charge in [0.25, 0.3) is 0 Å². The third-order valence-corrected chi connectivity index (χ3v) is 5.60. The average Bonchev–Trinajstić information content (AvgIpc) is 2.53. The summed E-state index contributed by atoms with van der Waals surface area (Å²) in [6.07, 6.45) is 24.1. The van der Waals surface area contributed by atoms with Gasteiger partial charge in [0.15, 0.2) is 0 Å². The highest BCUT2D eigenvalue weighted by molar-refractivity contribution is 4.81. The predicted molar refractivity (Wildman–Crippen MR) is 112 cm³/mol. The number of hydrogen-bond acceptors (Lipinski definition) is 1. The topological polar surface area (TPSA) is 26.0 Å². The summed E-state index contributed by atoms with van der Waals surface area (Å²) >= 11 is 0. The van der Waals surface area contributed by atoms with Crippen molar-refractivity contribution in [2.24, 2.45) is 11.7 Å². The lowest BCUT2D eigenvalue weighted by Gasteiger charge is -2.30. The van der Waals surface area contributed by atoms with Crippen LogP contribution in [0.3, 0.4) is 0 Å². The van der Waals surface area contributed by atoms with Gasteiger partial charge in [-0.1, -0.05) is 110 Å². The number of rotatable bonds is 18. The summed E-state index contributed by atoms with van der Waals surface area (Å²) in [5, 5.41) is 0. The smallest absolute Gasteiger partial charge is 0.0125 e. The van der Waals surface area contributed by atoms with Crippen molar-refractivity contribution in [1.29, 1.82) is 0 Å². The maximum absolute atomic E-state index is 6.32. The van der Waals surface area contributed by atoms with Crippen molar-refractivity contribution in [3.63, 3.8) is 0 Å². The molecule has 0 aromatic heterocycles. The second kappa shape index (κ2) is 16.4. The highest BCUT2D eigenvalue weighted by Crippen LogP contribution is 2.25. The van der Waals surface area contributed by atoms with Gasteiger partial charge in [0.1, 0.15) is 0 Å². The molecule has 0 radical (unpaired) electrons. The van der Waals surface area contributed by atoms with Crippen LogP contribution in [0.15, 0.2) is 0 Å². The molecule has 0 aliphatic heterocycles. The Morgan fingerprint density at radius 2 is 0.917 bits per heavy atom. The summed E-state index contributed by atoms with van der Waals surface area (Å²) in [5.74, 6) is 0.708. The van der Waals surface area contributed by atoms with Crippen LogP contribution in [0.25, 0.3) is 0 Å². The Balaban J connectivity index is 3.30. The molecule has 0 saturated carbocycles. The van der Waals surface area contributed by atoms with Crippen molar-refractivity contribution in [2.75, 3.05) is 0 Å². The second-order valence-electron chi connectivity index (χ2n) is 8.69. The zero-order valence-corrected chi connectivity index (χ0v) is 17.7.